The molecule has 5 heteroatoms. The number of fused-ring (bicyclic) bond motifs is 1. The van der Waals surface area contributed by atoms with E-state index in [1.54, 1.807) is 19.9 Å². The van der Waals surface area contributed by atoms with Gasteiger partial charge in [0.2, 0.25) is 5.79 Å². The summed E-state index contributed by atoms with van der Waals surface area (Å²) in [6.45, 7) is 5.62. The van der Waals surface area contributed by atoms with Crippen molar-refractivity contribution in [2.24, 2.45) is 5.92 Å². The molecule has 0 spiro atoms. The molecule has 0 amide bonds. The van der Waals surface area contributed by atoms with Crippen molar-refractivity contribution in [3.63, 3.8) is 0 Å². The van der Waals surface area contributed by atoms with E-state index in [-0.39, 0.29) is 0 Å². The normalized spacial score (nSPS) is 30.5. The summed E-state index contributed by atoms with van der Waals surface area (Å²) in [6, 6.07) is 0. The van der Waals surface area contributed by atoms with E-state index in [1.165, 1.54) is 6.08 Å². The van der Waals surface area contributed by atoms with E-state index in [0.29, 0.717) is 18.1 Å². The maximum Gasteiger partial charge on any atom is 0.322 e. The van der Waals surface area contributed by atoms with Crippen LogP contribution in [0.15, 0.2) is 23.7 Å². The monoisotopic (exact) mass is 240 g/mol. The molecular formula is C12H16O5. The Labute approximate surface area is 99.7 Å². The molecule has 0 aromatic rings. The molecule has 0 aromatic heterocycles. The van der Waals surface area contributed by atoms with Gasteiger partial charge in [0.15, 0.2) is 0 Å². The van der Waals surface area contributed by atoms with Crippen LogP contribution >= 0.6 is 0 Å². The zero-order valence-electron chi connectivity index (χ0n) is 10.1. The second-order valence-electron chi connectivity index (χ2n) is 4.44. The molecule has 1 aliphatic carbocycles. The highest BCUT2D eigenvalue weighted by molar-refractivity contribution is 5.78. The number of aliphatic hydroxyl groups is 1. The first-order valence-electron chi connectivity index (χ1n) is 5.59. The maximum absolute atomic E-state index is 11.7. The van der Waals surface area contributed by atoms with E-state index in [9.17, 15) is 9.90 Å². The topological polar surface area (TPSA) is 65.0 Å². The second-order valence-corrected chi connectivity index (χ2v) is 4.44. The molecule has 5 nitrogen and oxygen atoms in total. The Morgan fingerprint density at radius 3 is 2.82 bits per heavy atom. The fourth-order valence-corrected chi connectivity index (χ4v) is 1.93. The zero-order valence-corrected chi connectivity index (χ0v) is 10.1. The Morgan fingerprint density at radius 1 is 1.47 bits per heavy atom. The summed E-state index contributed by atoms with van der Waals surface area (Å²) in [5.74, 6) is -1.37. The minimum Gasteiger partial charge on any atom is -0.494 e. The van der Waals surface area contributed by atoms with Crippen molar-refractivity contribution >= 4 is 5.97 Å². The molecule has 1 N–H and O–H groups in total. The van der Waals surface area contributed by atoms with Crippen LogP contribution in [0.25, 0.3) is 0 Å². The van der Waals surface area contributed by atoms with Gasteiger partial charge < -0.3 is 19.3 Å². The minimum atomic E-state index is -1.01. The van der Waals surface area contributed by atoms with Crippen LogP contribution in [0.4, 0.5) is 0 Å². The van der Waals surface area contributed by atoms with Gasteiger partial charge in [0.1, 0.15) is 17.4 Å². The van der Waals surface area contributed by atoms with Crippen LogP contribution in [0.3, 0.4) is 0 Å². The molecule has 17 heavy (non-hydrogen) atoms. The number of esters is 1. The molecule has 0 bridgehead atoms. The third-order valence-corrected chi connectivity index (χ3v) is 2.54. The van der Waals surface area contributed by atoms with E-state index in [1.807, 2.05) is 6.92 Å². The molecule has 1 saturated heterocycles. The molecule has 94 valence electrons. The number of rotatable bonds is 2. The first kappa shape index (κ1) is 12.0. The Morgan fingerprint density at radius 2 is 2.18 bits per heavy atom. The smallest absolute Gasteiger partial charge is 0.322 e. The lowest BCUT2D eigenvalue weighted by Crippen LogP contribution is -2.46. The lowest BCUT2D eigenvalue weighted by atomic mass is 9.93. The number of carbonyl (C=O) groups excluding carboxylic acids is 1. The molecule has 0 aromatic carbocycles. The number of allylic oxidation sites excluding steroid dienone is 1. The first-order chi connectivity index (χ1) is 7.93. The molecular weight excluding hydrogens is 224 g/mol. The van der Waals surface area contributed by atoms with Gasteiger partial charge in [-0.05, 0) is 13.0 Å². The average Bonchev–Trinajstić information content (AvgIpc) is 2.13. The van der Waals surface area contributed by atoms with Crippen LogP contribution in [0.1, 0.15) is 20.8 Å². The van der Waals surface area contributed by atoms with E-state index >= 15 is 0 Å². The zero-order chi connectivity index (χ0) is 12.6. The van der Waals surface area contributed by atoms with Gasteiger partial charge in [-0.3, -0.25) is 4.79 Å². The molecule has 2 atom stereocenters. The third kappa shape index (κ3) is 2.29. The van der Waals surface area contributed by atoms with Gasteiger partial charge in [-0.1, -0.05) is 0 Å². The molecule has 1 heterocycles. The van der Waals surface area contributed by atoms with Gasteiger partial charge >= 0.3 is 5.97 Å². The number of cyclic esters (lactones) is 1. The van der Waals surface area contributed by atoms with Crippen LogP contribution in [-0.4, -0.2) is 29.6 Å². The molecule has 1 aliphatic heterocycles. The Balaban J connectivity index is 2.29. The fraction of sp³-hybridized carbons (Fsp3) is 0.583. The number of ether oxygens (including phenoxy) is 3. The van der Waals surface area contributed by atoms with Crippen molar-refractivity contribution in [1.29, 1.82) is 0 Å². The van der Waals surface area contributed by atoms with Gasteiger partial charge in [-0.25, -0.2) is 0 Å². The number of hydrogen-bond donors (Lipinski definition) is 1. The van der Waals surface area contributed by atoms with E-state index in [2.05, 4.69) is 0 Å². The highest BCUT2D eigenvalue weighted by Crippen LogP contribution is 2.35. The summed E-state index contributed by atoms with van der Waals surface area (Å²) < 4.78 is 15.9. The summed E-state index contributed by atoms with van der Waals surface area (Å²) >= 11 is 0. The highest BCUT2D eigenvalue weighted by Gasteiger charge is 2.45. The van der Waals surface area contributed by atoms with Crippen LogP contribution in [0.2, 0.25) is 0 Å². The molecule has 0 radical (unpaired) electrons. The quantitative estimate of drug-likeness (QED) is 0.732. The minimum absolute atomic E-state index is 0.393. The summed E-state index contributed by atoms with van der Waals surface area (Å²) in [4.78, 5) is 11.7. The predicted octanol–water partition coefficient (Wildman–Crippen LogP) is 1.09. The van der Waals surface area contributed by atoms with E-state index < -0.39 is 23.8 Å². The maximum atomic E-state index is 11.7. The summed E-state index contributed by atoms with van der Waals surface area (Å²) in [5.41, 5.74) is 0. The van der Waals surface area contributed by atoms with Crippen molar-refractivity contribution < 1.29 is 24.1 Å². The van der Waals surface area contributed by atoms with Crippen molar-refractivity contribution in [3.05, 3.63) is 23.7 Å². The second kappa shape index (κ2) is 4.07. The third-order valence-electron chi connectivity index (χ3n) is 2.54. The van der Waals surface area contributed by atoms with Crippen LogP contribution in [-0.2, 0) is 19.0 Å². The van der Waals surface area contributed by atoms with Gasteiger partial charge in [-0.2, -0.15) is 0 Å². The number of carbonyl (C=O) groups is 1. The standard InChI is InChI=1S/C12H16O5/c1-4-15-7-5-8(13)10-9(6-7)16-12(2,3)17-11(10)14/h5-6,8,10,13H,4H2,1-3H3. The lowest BCUT2D eigenvalue weighted by Gasteiger charge is -2.38. The molecule has 0 saturated carbocycles. The van der Waals surface area contributed by atoms with Crippen molar-refractivity contribution in [1.82, 2.24) is 0 Å². The molecule has 2 rings (SSSR count). The van der Waals surface area contributed by atoms with E-state index in [4.69, 9.17) is 14.2 Å². The summed E-state index contributed by atoms with van der Waals surface area (Å²) in [5, 5.41) is 9.86. The fourth-order valence-electron chi connectivity index (χ4n) is 1.93. The van der Waals surface area contributed by atoms with Gasteiger partial charge in [0, 0.05) is 19.9 Å². The van der Waals surface area contributed by atoms with Gasteiger partial charge in [-0.15, -0.1) is 0 Å². The Bertz CT molecular complexity index is 394. The predicted molar refractivity (Wildman–Crippen MR) is 58.5 cm³/mol. The molecule has 1 fully saturated rings. The number of hydrogen-bond acceptors (Lipinski definition) is 5. The van der Waals surface area contributed by atoms with Crippen LogP contribution in [0, 0.1) is 5.92 Å². The average molecular weight is 240 g/mol. The Kier molecular flexibility index (Phi) is 2.87. The van der Waals surface area contributed by atoms with Gasteiger partial charge in [0.05, 0.1) is 12.7 Å². The lowest BCUT2D eigenvalue weighted by molar-refractivity contribution is -0.232. The van der Waals surface area contributed by atoms with Crippen molar-refractivity contribution in [2.45, 2.75) is 32.7 Å². The number of aliphatic hydroxyl groups excluding tert-OH is 1. The summed E-state index contributed by atoms with van der Waals surface area (Å²) in [6.07, 6.45) is 2.14. The molecule has 2 unspecified atom stereocenters. The highest BCUT2D eigenvalue weighted by atomic mass is 16.7. The van der Waals surface area contributed by atoms with Crippen LogP contribution < -0.4 is 0 Å². The van der Waals surface area contributed by atoms with Crippen LogP contribution in [0.5, 0.6) is 0 Å². The SMILES string of the molecule is CCOC1=CC(O)C2C(=O)OC(C)(C)OC2=C1. The first-order valence-corrected chi connectivity index (χ1v) is 5.59. The molecule has 2 aliphatic rings. The largest absolute Gasteiger partial charge is 0.494 e. The van der Waals surface area contributed by atoms with E-state index in [0.717, 1.165) is 0 Å². The Hall–Kier alpha value is -1.49. The van der Waals surface area contributed by atoms with Crippen molar-refractivity contribution in [3.8, 4) is 0 Å². The summed E-state index contributed by atoms with van der Waals surface area (Å²) in [7, 11) is 0. The van der Waals surface area contributed by atoms with Crippen molar-refractivity contribution in [2.75, 3.05) is 6.61 Å². The van der Waals surface area contributed by atoms with Gasteiger partial charge in [0.25, 0.3) is 0 Å².